The van der Waals surface area contributed by atoms with Crippen molar-refractivity contribution in [1.82, 2.24) is 20.1 Å². The maximum Gasteiger partial charge on any atom is 0.221 e. The van der Waals surface area contributed by atoms with E-state index in [1.807, 2.05) is 39.1 Å². The Morgan fingerprint density at radius 1 is 1.32 bits per heavy atom. The maximum absolute atomic E-state index is 5.74. The van der Waals surface area contributed by atoms with Crippen molar-refractivity contribution in [2.45, 2.75) is 27.3 Å². The van der Waals surface area contributed by atoms with E-state index >= 15 is 0 Å². The van der Waals surface area contributed by atoms with Gasteiger partial charge in [-0.25, -0.2) is 9.67 Å². The third-order valence-corrected chi connectivity index (χ3v) is 2.90. The van der Waals surface area contributed by atoms with Gasteiger partial charge < -0.3 is 10.1 Å². The highest BCUT2D eigenvalue weighted by Crippen LogP contribution is 2.21. The highest BCUT2D eigenvalue weighted by Gasteiger charge is 2.07. The number of aryl methyl sites for hydroxylation is 3. The van der Waals surface area contributed by atoms with Crippen LogP contribution in [-0.4, -0.2) is 21.3 Å². The molecular weight excluding hydrogens is 240 g/mol. The largest absolute Gasteiger partial charge is 0.421 e. The topological polar surface area (TPSA) is 52.0 Å². The van der Waals surface area contributed by atoms with Gasteiger partial charge in [-0.05, 0) is 26.0 Å². The van der Waals surface area contributed by atoms with Crippen LogP contribution in [0.1, 0.15) is 23.9 Å². The first-order valence-electron chi connectivity index (χ1n) is 6.46. The molecule has 0 radical (unpaired) electrons. The van der Waals surface area contributed by atoms with Gasteiger partial charge in [0.2, 0.25) is 11.8 Å². The van der Waals surface area contributed by atoms with E-state index in [1.165, 1.54) is 5.56 Å². The molecule has 0 aliphatic rings. The summed E-state index contributed by atoms with van der Waals surface area (Å²) in [6, 6.07) is 5.83. The number of rotatable bonds is 5. The van der Waals surface area contributed by atoms with Crippen LogP contribution < -0.4 is 10.1 Å². The van der Waals surface area contributed by atoms with Crippen LogP contribution in [0.25, 0.3) is 0 Å². The van der Waals surface area contributed by atoms with Gasteiger partial charge in [0.05, 0.1) is 5.69 Å². The summed E-state index contributed by atoms with van der Waals surface area (Å²) in [5.74, 6) is 1.30. The number of hydrogen-bond donors (Lipinski definition) is 1. The van der Waals surface area contributed by atoms with Crippen LogP contribution in [0.5, 0.6) is 11.8 Å². The summed E-state index contributed by atoms with van der Waals surface area (Å²) in [5, 5.41) is 7.53. The van der Waals surface area contributed by atoms with E-state index in [9.17, 15) is 0 Å². The Hall–Kier alpha value is -1.88. The van der Waals surface area contributed by atoms with Crippen molar-refractivity contribution in [1.29, 1.82) is 0 Å². The Morgan fingerprint density at radius 3 is 2.68 bits per heavy atom. The van der Waals surface area contributed by atoms with Gasteiger partial charge in [-0.1, -0.05) is 13.0 Å². The second-order valence-electron chi connectivity index (χ2n) is 4.52. The average molecular weight is 260 g/mol. The molecule has 0 unspecified atom stereocenters. The summed E-state index contributed by atoms with van der Waals surface area (Å²) in [4.78, 5) is 4.47. The van der Waals surface area contributed by atoms with Gasteiger partial charge in [0.1, 0.15) is 0 Å². The van der Waals surface area contributed by atoms with Crippen LogP contribution in [0.4, 0.5) is 0 Å². The minimum Gasteiger partial charge on any atom is -0.421 e. The van der Waals surface area contributed by atoms with Crippen LogP contribution in [0.3, 0.4) is 0 Å². The molecule has 0 aliphatic carbocycles. The molecule has 2 aromatic heterocycles. The number of nitrogens with zero attached hydrogens (tertiary/aromatic N) is 3. The molecule has 2 aromatic rings. The van der Waals surface area contributed by atoms with Crippen molar-refractivity contribution in [3.05, 3.63) is 35.2 Å². The van der Waals surface area contributed by atoms with Crippen LogP contribution >= 0.6 is 0 Å². The van der Waals surface area contributed by atoms with Gasteiger partial charge in [-0.2, -0.15) is 5.10 Å². The molecule has 0 spiro atoms. The molecule has 0 bridgehead atoms. The molecule has 2 rings (SSSR count). The summed E-state index contributed by atoms with van der Waals surface area (Å²) in [6.45, 7) is 7.80. The lowest BCUT2D eigenvalue weighted by molar-refractivity contribution is 0.414. The van der Waals surface area contributed by atoms with Gasteiger partial charge in [-0.15, -0.1) is 0 Å². The summed E-state index contributed by atoms with van der Waals surface area (Å²) in [6.07, 6.45) is 0. The lowest BCUT2D eigenvalue weighted by Gasteiger charge is -2.09. The van der Waals surface area contributed by atoms with Crippen molar-refractivity contribution in [3.8, 4) is 11.8 Å². The SMILES string of the molecule is CCNCc1ccc(Oc2cc(C)nn2C)nc1C. The lowest BCUT2D eigenvalue weighted by Crippen LogP contribution is -2.13. The third-order valence-electron chi connectivity index (χ3n) is 2.90. The van der Waals surface area contributed by atoms with Crippen molar-refractivity contribution in [2.24, 2.45) is 7.05 Å². The van der Waals surface area contributed by atoms with Crippen LogP contribution in [0.2, 0.25) is 0 Å². The second-order valence-corrected chi connectivity index (χ2v) is 4.52. The van der Waals surface area contributed by atoms with E-state index in [0.29, 0.717) is 11.8 Å². The van der Waals surface area contributed by atoms with E-state index < -0.39 is 0 Å². The smallest absolute Gasteiger partial charge is 0.221 e. The predicted octanol–water partition coefficient (Wildman–Crippen LogP) is 2.33. The zero-order valence-electron chi connectivity index (χ0n) is 11.9. The van der Waals surface area contributed by atoms with E-state index in [-0.39, 0.29) is 0 Å². The van der Waals surface area contributed by atoms with Gasteiger partial charge >= 0.3 is 0 Å². The first kappa shape index (κ1) is 13.5. The van der Waals surface area contributed by atoms with Crippen molar-refractivity contribution >= 4 is 0 Å². The van der Waals surface area contributed by atoms with Gasteiger partial charge in [-0.3, -0.25) is 0 Å². The van der Waals surface area contributed by atoms with E-state index in [2.05, 4.69) is 22.3 Å². The lowest BCUT2D eigenvalue weighted by atomic mass is 10.2. The third kappa shape index (κ3) is 3.32. The van der Waals surface area contributed by atoms with E-state index in [0.717, 1.165) is 24.5 Å². The highest BCUT2D eigenvalue weighted by molar-refractivity contribution is 5.28. The molecule has 19 heavy (non-hydrogen) atoms. The summed E-state index contributed by atoms with van der Waals surface area (Å²) >= 11 is 0. The molecule has 0 aromatic carbocycles. The zero-order valence-corrected chi connectivity index (χ0v) is 11.9. The Kier molecular flexibility index (Phi) is 4.16. The fraction of sp³-hybridized carbons (Fsp3) is 0.429. The number of pyridine rings is 1. The molecule has 102 valence electrons. The van der Waals surface area contributed by atoms with Crippen molar-refractivity contribution in [2.75, 3.05) is 6.54 Å². The minimum atomic E-state index is 0.598. The molecule has 0 saturated carbocycles. The normalized spacial score (nSPS) is 10.7. The fourth-order valence-electron chi connectivity index (χ4n) is 1.86. The Morgan fingerprint density at radius 2 is 2.11 bits per heavy atom. The minimum absolute atomic E-state index is 0.598. The van der Waals surface area contributed by atoms with E-state index in [4.69, 9.17) is 4.74 Å². The summed E-state index contributed by atoms with van der Waals surface area (Å²) in [5.41, 5.74) is 3.10. The quantitative estimate of drug-likeness (QED) is 0.896. The summed E-state index contributed by atoms with van der Waals surface area (Å²) < 4.78 is 7.45. The molecule has 1 N–H and O–H groups in total. The van der Waals surface area contributed by atoms with Gasteiger partial charge in [0.15, 0.2) is 0 Å². The van der Waals surface area contributed by atoms with E-state index in [1.54, 1.807) is 4.68 Å². The fourth-order valence-corrected chi connectivity index (χ4v) is 1.86. The monoisotopic (exact) mass is 260 g/mol. The Bertz CT molecular complexity index is 563. The first-order chi connectivity index (χ1) is 9.10. The molecule has 0 saturated heterocycles. The van der Waals surface area contributed by atoms with Crippen molar-refractivity contribution < 1.29 is 4.74 Å². The second kappa shape index (κ2) is 5.84. The molecule has 0 atom stereocenters. The van der Waals surface area contributed by atoms with Gasteiger partial charge in [0.25, 0.3) is 0 Å². The number of aromatic nitrogens is 3. The Labute approximate surface area is 113 Å². The first-order valence-corrected chi connectivity index (χ1v) is 6.46. The number of hydrogen-bond acceptors (Lipinski definition) is 4. The van der Waals surface area contributed by atoms with Gasteiger partial charge in [0, 0.05) is 31.4 Å². The van der Waals surface area contributed by atoms with Crippen LogP contribution in [-0.2, 0) is 13.6 Å². The molecule has 2 heterocycles. The molecule has 0 aliphatic heterocycles. The maximum atomic E-state index is 5.74. The standard InChI is InChI=1S/C14H20N4O/c1-5-15-9-12-6-7-13(16-11(12)3)19-14-8-10(2)17-18(14)4/h6-8,15H,5,9H2,1-4H3. The van der Waals surface area contributed by atoms with Crippen LogP contribution in [0.15, 0.2) is 18.2 Å². The zero-order chi connectivity index (χ0) is 13.8. The molecule has 0 amide bonds. The molecule has 5 heteroatoms. The van der Waals surface area contributed by atoms with Crippen molar-refractivity contribution in [3.63, 3.8) is 0 Å². The number of ether oxygens (including phenoxy) is 1. The Balaban J connectivity index is 2.13. The molecular formula is C14H20N4O. The summed E-state index contributed by atoms with van der Waals surface area (Å²) in [7, 11) is 1.86. The highest BCUT2D eigenvalue weighted by atomic mass is 16.5. The number of nitrogens with one attached hydrogen (secondary N) is 1. The molecule has 5 nitrogen and oxygen atoms in total. The molecule has 0 fully saturated rings. The predicted molar refractivity (Wildman–Crippen MR) is 74.4 cm³/mol. The average Bonchev–Trinajstić information content (AvgIpc) is 2.67. The van der Waals surface area contributed by atoms with Crippen LogP contribution in [0, 0.1) is 13.8 Å².